The van der Waals surface area contributed by atoms with Gasteiger partial charge in [-0.2, -0.15) is 0 Å². The summed E-state index contributed by atoms with van der Waals surface area (Å²) in [5.74, 6) is -0.994. The summed E-state index contributed by atoms with van der Waals surface area (Å²) in [4.78, 5) is 23.2. The van der Waals surface area contributed by atoms with Crippen LogP contribution < -0.4 is 5.32 Å². The van der Waals surface area contributed by atoms with Gasteiger partial charge in [-0.05, 0) is 25.9 Å². The molecule has 0 bridgehead atoms. The number of hydrogen-bond acceptors (Lipinski definition) is 9. The molecule has 2 unspecified atom stereocenters. The Labute approximate surface area is 161 Å². The van der Waals surface area contributed by atoms with E-state index in [4.69, 9.17) is 29.2 Å². The van der Waals surface area contributed by atoms with Crippen molar-refractivity contribution < 1.29 is 38.7 Å². The minimum absolute atomic E-state index is 0.0852. The van der Waals surface area contributed by atoms with Crippen molar-refractivity contribution in [3.63, 3.8) is 0 Å². The van der Waals surface area contributed by atoms with Crippen LogP contribution in [-0.4, -0.2) is 89.1 Å². The van der Waals surface area contributed by atoms with E-state index in [0.717, 1.165) is 0 Å². The number of rotatable bonds is 18. The van der Waals surface area contributed by atoms with Crippen LogP contribution in [0.4, 0.5) is 0 Å². The van der Waals surface area contributed by atoms with Crippen molar-refractivity contribution >= 4 is 11.9 Å². The highest BCUT2D eigenvalue weighted by Gasteiger charge is 2.12. The van der Waals surface area contributed by atoms with Crippen molar-refractivity contribution in [1.29, 1.82) is 0 Å². The average Bonchev–Trinajstić information content (AvgIpc) is 2.67. The monoisotopic (exact) mass is 393 g/mol. The second-order valence-corrected chi connectivity index (χ2v) is 6.33. The molecular weight excluding hydrogens is 358 g/mol. The summed E-state index contributed by atoms with van der Waals surface area (Å²) in [5.41, 5.74) is 0. The number of methoxy groups -OCH3 is 2. The quantitative estimate of drug-likeness (QED) is 0.213. The number of esters is 2. The molecule has 0 radical (unpaired) electrons. The van der Waals surface area contributed by atoms with Crippen LogP contribution in [0.5, 0.6) is 0 Å². The molecule has 0 aliphatic rings. The molecule has 0 aliphatic carbocycles. The smallest absolute Gasteiger partial charge is 0.305 e. The Hall–Kier alpha value is -1.26. The summed E-state index contributed by atoms with van der Waals surface area (Å²) in [6.45, 7) is 2.12. The van der Waals surface area contributed by atoms with Crippen LogP contribution in [0.25, 0.3) is 0 Å². The first-order chi connectivity index (χ1) is 13.1. The molecule has 9 heteroatoms. The Balaban J connectivity index is 3.55. The topological polar surface area (TPSA) is 124 Å². The molecule has 0 aromatic carbocycles. The van der Waals surface area contributed by atoms with Gasteiger partial charge in [-0.1, -0.05) is 0 Å². The van der Waals surface area contributed by atoms with Gasteiger partial charge in [0, 0.05) is 38.9 Å². The number of aliphatic hydroxyl groups is 2. The van der Waals surface area contributed by atoms with Gasteiger partial charge in [-0.15, -0.1) is 0 Å². The van der Waals surface area contributed by atoms with E-state index in [1.807, 2.05) is 0 Å². The summed E-state index contributed by atoms with van der Waals surface area (Å²) >= 11 is 0. The SMILES string of the molecule is COCC(CO)COC(=O)CCCNCCCC(=O)OCC(CO)COC. The number of ether oxygens (including phenoxy) is 4. The van der Waals surface area contributed by atoms with Crippen LogP contribution >= 0.6 is 0 Å². The molecule has 9 nitrogen and oxygen atoms in total. The lowest BCUT2D eigenvalue weighted by molar-refractivity contribution is -0.147. The van der Waals surface area contributed by atoms with Gasteiger partial charge in [-0.25, -0.2) is 0 Å². The van der Waals surface area contributed by atoms with E-state index in [9.17, 15) is 9.59 Å². The number of carbonyl (C=O) groups excluding carboxylic acids is 2. The molecule has 160 valence electrons. The molecule has 0 amide bonds. The van der Waals surface area contributed by atoms with E-state index < -0.39 is 0 Å². The van der Waals surface area contributed by atoms with Gasteiger partial charge in [0.05, 0.1) is 39.6 Å². The summed E-state index contributed by atoms with van der Waals surface area (Å²) in [7, 11) is 3.06. The zero-order chi connectivity index (χ0) is 20.3. The van der Waals surface area contributed by atoms with E-state index in [-0.39, 0.29) is 50.2 Å². The standard InChI is InChI=1S/C18H35NO8/c1-24-11-15(9-20)13-26-17(22)5-3-7-19-8-4-6-18(23)27-14-16(10-21)12-25-2/h15-16,19-21H,3-14H2,1-2H3. The molecule has 0 rings (SSSR count). The minimum Gasteiger partial charge on any atom is -0.465 e. The van der Waals surface area contributed by atoms with Gasteiger partial charge in [0.15, 0.2) is 0 Å². The number of aliphatic hydroxyl groups excluding tert-OH is 2. The van der Waals surface area contributed by atoms with Crippen LogP contribution in [0.3, 0.4) is 0 Å². The van der Waals surface area contributed by atoms with Gasteiger partial charge in [0.2, 0.25) is 0 Å². The number of nitrogens with one attached hydrogen (secondary N) is 1. The molecule has 0 saturated heterocycles. The fraction of sp³-hybridized carbons (Fsp3) is 0.889. The van der Waals surface area contributed by atoms with Crippen LogP contribution in [0.15, 0.2) is 0 Å². The lowest BCUT2D eigenvalue weighted by Gasteiger charge is -2.13. The van der Waals surface area contributed by atoms with Gasteiger partial charge in [0.25, 0.3) is 0 Å². The van der Waals surface area contributed by atoms with Gasteiger partial charge in [-0.3, -0.25) is 9.59 Å². The van der Waals surface area contributed by atoms with Crippen LogP contribution in [0, 0.1) is 11.8 Å². The maximum absolute atomic E-state index is 11.6. The van der Waals surface area contributed by atoms with Crippen molar-refractivity contribution in [2.75, 3.05) is 67.0 Å². The normalized spacial score (nSPS) is 13.2. The van der Waals surface area contributed by atoms with Crippen molar-refractivity contribution in [2.45, 2.75) is 25.7 Å². The molecule has 0 spiro atoms. The maximum Gasteiger partial charge on any atom is 0.305 e. The first kappa shape index (κ1) is 25.7. The lowest BCUT2D eigenvalue weighted by atomic mass is 10.2. The fourth-order valence-electron chi connectivity index (χ4n) is 2.18. The predicted octanol–water partition coefficient (Wildman–Crippen LogP) is -0.267. The second kappa shape index (κ2) is 18.1. The van der Waals surface area contributed by atoms with Crippen LogP contribution in [-0.2, 0) is 28.5 Å². The van der Waals surface area contributed by atoms with E-state index in [2.05, 4.69) is 5.32 Å². The van der Waals surface area contributed by atoms with E-state index in [1.165, 1.54) is 14.2 Å². The number of hydrogen-bond donors (Lipinski definition) is 3. The predicted molar refractivity (Wildman–Crippen MR) is 98.2 cm³/mol. The van der Waals surface area contributed by atoms with Crippen molar-refractivity contribution in [1.82, 2.24) is 5.32 Å². The highest BCUT2D eigenvalue weighted by molar-refractivity contribution is 5.69. The Bertz CT molecular complexity index is 346. The molecule has 0 aromatic rings. The first-order valence-electron chi connectivity index (χ1n) is 9.28. The van der Waals surface area contributed by atoms with E-state index in [1.54, 1.807) is 0 Å². The average molecular weight is 393 g/mol. The minimum atomic E-state index is -0.301. The summed E-state index contributed by atoms with van der Waals surface area (Å²) in [6.07, 6.45) is 1.85. The first-order valence-corrected chi connectivity index (χ1v) is 9.28. The molecule has 0 saturated carbocycles. The molecule has 0 aliphatic heterocycles. The maximum atomic E-state index is 11.6. The van der Waals surface area contributed by atoms with Crippen molar-refractivity contribution in [3.05, 3.63) is 0 Å². The van der Waals surface area contributed by atoms with Crippen LogP contribution in [0.2, 0.25) is 0 Å². The molecular formula is C18H35NO8. The lowest BCUT2D eigenvalue weighted by Crippen LogP contribution is -2.23. The summed E-state index contributed by atoms with van der Waals surface area (Å²) in [5, 5.41) is 21.3. The number of carbonyl (C=O) groups is 2. The van der Waals surface area contributed by atoms with E-state index >= 15 is 0 Å². The highest BCUT2D eigenvalue weighted by atomic mass is 16.5. The Morgan fingerprint density at radius 2 is 1.19 bits per heavy atom. The zero-order valence-electron chi connectivity index (χ0n) is 16.5. The van der Waals surface area contributed by atoms with Crippen molar-refractivity contribution in [3.8, 4) is 0 Å². The third-order valence-electron chi connectivity index (χ3n) is 3.75. The Morgan fingerprint density at radius 1 is 0.778 bits per heavy atom. The highest BCUT2D eigenvalue weighted by Crippen LogP contribution is 2.01. The molecule has 0 heterocycles. The summed E-state index contributed by atoms with van der Waals surface area (Å²) in [6, 6.07) is 0. The molecule has 2 atom stereocenters. The third-order valence-corrected chi connectivity index (χ3v) is 3.75. The molecule has 0 fully saturated rings. The Kier molecular flexibility index (Phi) is 17.3. The molecule has 27 heavy (non-hydrogen) atoms. The third kappa shape index (κ3) is 15.5. The van der Waals surface area contributed by atoms with Gasteiger partial charge >= 0.3 is 11.9 Å². The Morgan fingerprint density at radius 3 is 1.52 bits per heavy atom. The largest absolute Gasteiger partial charge is 0.465 e. The van der Waals surface area contributed by atoms with E-state index in [0.29, 0.717) is 52.0 Å². The second-order valence-electron chi connectivity index (χ2n) is 6.33. The van der Waals surface area contributed by atoms with Gasteiger partial charge in [0.1, 0.15) is 0 Å². The van der Waals surface area contributed by atoms with Crippen molar-refractivity contribution in [2.24, 2.45) is 11.8 Å². The fourth-order valence-corrected chi connectivity index (χ4v) is 2.18. The van der Waals surface area contributed by atoms with Crippen LogP contribution in [0.1, 0.15) is 25.7 Å². The summed E-state index contributed by atoms with van der Waals surface area (Å²) < 4.78 is 20.0. The molecule has 0 aromatic heterocycles. The molecule has 3 N–H and O–H groups in total. The van der Waals surface area contributed by atoms with Gasteiger partial charge < -0.3 is 34.5 Å². The zero-order valence-corrected chi connectivity index (χ0v) is 16.5.